The quantitative estimate of drug-likeness (QED) is 0.468. The molecule has 1 fully saturated rings. The molecule has 0 spiro atoms. The summed E-state index contributed by atoms with van der Waals surface area (Å²) in [6, 6.07) is 0. The standard InChI is InChI=1S/C18H30O6/c1-2-3-4-5-12(19)6-8-14-15(17(22)11-16(14)21)10-13(20)7-9-18(23)24/h14-17,21-22H,2-11H2,1H3,(H,23,24). The van der Waals surface area contributed by atoms with Gasteiger partial charge in [0, 0.05) is 25.7 Å². The molecule has 1 aliphatic carbocycles. The van der Waals surface area contributed by atoms with Crippen LogP contribution in [0.1, 0.15) is 71.1 Å². The lowest BCUT2D eigenvalue weighted by molar-refractivity contribution is -0.138. The molecule has 0 aromatic carbocycles. The number of aliphatic hydroxyl groups excluding tert-OH is 2. The van der Waals surface area contributed by atoms with Crippen molar-refractivity contribution in [1.82, 2.24) is 0 Å². The van der Waals surface area contributed by atoms with E-state index in [1.807, 2.05) is 0 Å². The summed E-state index contributed by atoms with van der Waals surface area (Å²) >= 11 is 0. The Labute approximate surface area is 143 Å². The van der Waals surface area contributed by atoms with Crippen LogP contribution in [0.4, 0.5) is 0 Å². The fourth-order valence-corrected chi connectivity index (χ4v) is 3.50. The summed E-state index contributed by atoms with van der Waals surface area (Å²) in [5, 5.41) is 28.8. The third-order valence-corrected chi connectivity index (χ3v) is 4.92. The molecule has 1 saturated carbocycles. The second-order valence-electron chi connectivity index (χ2n) is 6.87. The van der Waals surface area contributed by atoms with Gasteiger partial charge in [0.25, 0.3) is 0 Å². The van der Waals surface area contributed by atoms with E-state index in [9.17, 15) is 24.6 Å². The SMILES string of the molecule is CCCCCC(=O)CCC1C(O)CC(O)C1CC(=O)CCC(=O)O. The van der Waals surface area contributed by atoms with E-state index in [0.29, 0.717) is 19.3 Å². The first-order valence-corrected chi connectivity index (χ1v) is 8.96. The van der Waals surface area contributed by atoms with E-state index in [0.717, 1.165) is 19.3 Å². The van der Waals surface area contributed by atoms with Gasteiger partial charge in [-0.1, -0.05) is 19.8 Å². The molecule has 0 aromatic heterocycles. The molecule has 0 bridgehead atoms. The first-order valence-electron chi connectivity index (χ1n) is 8.96. The zero-order valence-corrected chi connectivity index (χ0v) is 14.4. The van der Waals surface area contributed by atoms with Crippen molar-refractivity contribution < 1.29 is 29.7 Å². The summed E-state index contributed by atoms with van der Waals surface area (Å²) in [6.45, 7) is 2.08. The highest BCUT2D eigenvalue weighted by molar-refractivity contribution is 5.82. The minimum atomic E-state index is -1.02. The van der Waals surface area contributed by atoms with Crippen LogP contribution in [0.25, 0.3) is 0 Å². The van der Waals surface area contributed by atoms with Gasteiger partial charge in [-0.15, -0.1) is 0 Å². The minimum absolute atomic E-state index is 0.0582. The Morgan fingerprint density at radius 2 is 1.54 bits per heavy atom. The highest BCUT2D eigenvalue weighted by atomic mass is 16.4. The van der Waals surface area contributed by atoms with E-state index in [1.54, 1.807) is 0 Å². The van der Waals surface area contributed by atoms with Crippen molar-refractivity contribution in [2.75, 3.05) is 0 Å². The fourth-order valence-electron chi connectivity index (χ4n) is 3.50. The molecule has 6 heteroatoms. The normalized spacial score (nSPS) is 26.5. The number of unbranched alkanes of at least 4 members (excludes halogenated alkanes) is 2. The molecule has 1 rings (SSSR count). The largest absolute Gasteiger partial charge is 0.481 e. The molecular weight excluding hydrogens is 312 g/mol. The van der Waals surface area contributed by atoms with Crippen molar-refractivity contribution in [2.45, 2.75) is 83.3 Å². The Hall–Kier alpha value is -1.27. The van der Waals surface area contributed by atoms with Crippen LogP contribution in [0.5, 0.6) is 0 Å². The third kappa shape index (κ3) is 7.09. The maximum atomic E-state index is 11.9. The Balaban J connectivity index is 2.48. The second kappa shape index (κ2) is 10.6. The number of aliphatic carboxylic acids is 1. The zero-order chi connectivity index (χ0) is 18.1. The molecule has 0 amide bonds. The van der Waals surface area contributed by atoms with E-state index >= 15 is 0 Å². The smallest absolute Gasteiger partial charge is 0.303 e. The topological polar surface area (TPSA) is 112 Å². The molecule has 4 atom stereocenters. The Morgan fingerprint density at radius 1 is 0.875 bits per heavy atom. The van der Waals surface area contributed by atoms with Crippen LogP contribution in [-0.4, -0.2) is 45.1 Å². The molecule has 138 valence electrons. The molecule has 4 unspecified atom stereocenters. The average molecular weight is 342 g/mol. The summed E-state index contributed by atoms with van der Waals surface area (Å²) in [4.78, 5) is 34.3. The molecule has 24 heavy (non-hydrogen) atoms. The van der Waals surface area contributed by atoms with E-state index in [-0.39, 0.29) is 49.1 Å². The number of carboxylic acids is 1. The van der Waals surface area contributed by atoms with Gasteiger partial charge in [0.05, 0.1) is 18.6 Å². The first-order chi connectivity index (χ1) is 11.3. The molecule has 0 radical (unpaired) electrons. The number of ketones is 2. The molecule has 3 N–H and O–H groups in total. The van der Waals surface area contributed by atoms with Crippen molar-refractivity contribution >= 4 is 17.5 Å². The van der Waals surface area contributed by atoms with E-state index in [1.165, 1.54) is 0 Å². The van der Waals surface area contributed by atoms with Crippen molar-refractivity contribution in [1.29, 1.82) is 0 Å². The average Bonchev–Trinajstić information content (AvgIpc) is 2.77. The van der Waals surface area contributed by atoms with Gasteiger partial charge in [-0.05, 0) is 31.1 Å². The molecular formula is C18H30O6. The highest BCUT2D eigenvalue weighted by Crippen LogP contribution is 2.38. The van der Waals surface area contributed by atoms with Crippen LogP contribution in [-0.2, 0) is 14.4 Å². The van der Waals surface area contributed by atoms with Gasteiger partial charge in [0.1, 0.15) is 11.6 Å². The predicted octanol–water partition coefficient (Wildman–Crippen LogP) is 2.10. The van der Waals surface area contributed by atoms with Crippen molar-refractivity contribution in [2.24, 2.45) is 11.8 Å². The van der Waals surface area contributed by atoms with Gasteiger partial charge in [-0.2, -0.15) is 0 Å². The van der Waals surface area contributed by atoms with Gasteiger partial charge in [-0.25, -0.2) is 0 Å². The van der Waals surface area contributed by atoms with Crippen LogP contribution in [0.3, 0.4) is 0 Å². The van der Waals surface area contributed by atoms with E-state index < -0.39 is 18.2 Å². The molecule has 0 aliphatic heterocycles. The summed E-state index contributed by atoms with van der Waals surface area (Å²) in [7, 11) is 0. The fraction of sp³-hybridized carbons (Fsp3) is 0.833. The van der Waals surface area contributed by atoms with E-state index in [4.69, 9.17) is 5.11 Å². The summed E-state index contributed by atoms with van der Waals surface area (Å²) in [5.41, 5.74) is 0. The molecule has 0 saturated heterocycles. The Kier molecular flexibility index (Phi) is 9.14. The van der Waals surface area contributed by atoms with Gasteiger partial charge in [0.2, 0.25) is 0 Å². The number of carboxylic acid groups (broad SMARTS) is 1. The van der Waals surface area contributed by atoms with Crippen LogP contribution in [0.2, 0.25) is 0 Å². The molecule has 1 aliphatic rings. The minimum Gasteiger partial charge on any atom is -0.481 e. The number of aliphatic hydroxyl groups is 2. The second-order valence-corrected chi connectivity index (χ2v) is 6.87. The lowest BCUT2D eigenvalue weighted by Gasteiger charge is -2.22. The van der Waals surface area contributed by atoms with Gasteiger partial charge >= 0.3 is 5.97 Å². The number of carbonyl (C=O) groups is 3. The zero-order valence-electron chi connectivity index (χ0n) is 14.4. The number of Topliss-reactive ketones (excluding diaryl/α,β-unsaturated/α-hetero) is 2. The van der Waals surface area contributed by atoms with Crippen LogP contribution in [0, 0.1) is 11.8 Å². The number of hydrogen-bond donors (Lipinski definition) is 3. The maximum absolute atomic E-state index is 11.9. The number of hydrogen-bond acceptors (Lipinski definition) is 5. The van der Waals surface area contributed by atoms with Crippen molar-refractivity contribution in [3.8, 4) is 0 Å². The van der Waals surface area contributed by atoms with Crippen LogP contribution < -0.4 is 0 Å². The van der Waals surface area contributed by atoms with Crippen LogP contribution >= 0.6 is 0 Å². The van der Waals surface area contributed by atoms with Gasteiger partial charge in [-0.3, -0.25) is 14.4 Å². The molecule has 0 heterocycles. The van der Waals surface area contributed by atoms with Crippen LogP contribution in [0.15, 0.2) is 0 Å². The van der Waals surface area contributed by atoms with Gasteiger partial charge in [0.15, 0.2) is 0 Å². The number of carbonyl (C=O) groups excluding carboxylic acids is 2. The van der Waals surface area contributed by atoms with E-state index in [2.05, 4.69) is 6.92 Å². The maximum Gasteiger partial charge on any atom is 0.303 e. The summed E-state index contributed by atoms with van der Waals surface area (Å²) in [6.07, 6.45) is 2.86. The summed E-state index contributed by atoms with van der Waals surface area (Å²) < 4.78 is 0. The first kappa shape index (κ1) is 20.8. The number of rotatable bonds is 12. The monoisotopic (exact) mass is 342 g/mol. The van der Waals surface area contributed by atoms with Crippen molar-refractivity contribution in [3.63, 3.8) is 0 Å². The molecule has 6 nitrogen and oxygen atoms in total. The van der Waals surface area contributed by atoms with Crippen molar-refractivity contribution in [3.05, 3.63) is 0 Å². The highest BCUT2D eigenvalue weighted by Gasteiger charge is 2.42. The predicted molar refractivity (Wildman–Crippen MR) is 88.5 cm³/mol. The Morgan fingerprint density at radius 3 is 2.17 bits per heavy atom. The summed E-state index contributed by atoms with van der Waals surface area (Å²) in [5.74, 6) is -1.74. The lowest BCUT2D eigenvalue weighted by atomic mass is 9.84. The van der Waals surface area contributed by atoms with Gasteiger partial charge < -0.3 is 15.3 Å². The third-order valence-electron chi connectivity index (χ3n) is 4.92. The lowest BCUT2D eigenvalue weighted by Crippen LogP contribution is -2.25. The Bertz CT molecular complexity index is 433. The molecule has 0 aromatic rings.